The van der Waals surface area contributed by atoms with Crippen LogP contribution in [0, 0.1) is 13.8 Å². The minimum absolute atomic E-state index is 0.337. The first-order chi connectivity index (χ1) is 15.3. The summed E-state index contributed by atoms with van der Waals surface area (Å²) in [5, 5.41) is 10.1. The van der Waals surface area contributed by atoms with Gasteiger partial charge < -0.3 is 0 Å². The molecule has 0 fully saturated rings. The molecule has 0 amide bonds. The second-order valence-electron chi connectivity index (χ2n) is 7.57. The Morgan fingerprint density at radius 2 is 1.72 bits per heavy atom. The molecule has 0 N–H and O–H groups in total. The summed E-state index contributed by atoms with van der Waals surface area (Å²) in [4.78, 5) is 24.4. The molecule has 0 aliphatic rings. The van der Waals surface area contributed by atoms with Crippen LogP contribution in [0.4, 0.5) is 0 Å². The van der Waals surface area contributed by atoms with Crippen molar-refractivity contribution in [3.05, 3.63) is 91.2 Å². The molecule has 2 aromatic heterocycles. The van der Waals surface area contributed by atoms with Crippen molar-refractivity contribution in [2.24, 2.45) is 14.1 Å². The second-order valence-corrected chi connectivity index (χ2v) is 8.92. The first kappa shape index (κ1) is 22.1. The summed E-state index contributed by atoms with van der Waals surface area (Å²) in [6.07, 6.45) is 0. The molecule has 0 spiro atoms. The number of halogens is 1. The Hall–Kier alpha value is -3.10. The summed E-state index contributed by atoms with van der Waals surface area (Å²) in [6.45, 7) is 4.06. The van der Waals surface area contributed by atoms with Crippen LogP contribution >= 0.6 is 23.4 Å². The van der Waals surface area contributed by atoms with Crippen LogP contribution in [-0.4, -0.2) is 23.9 Å². The lowest BCUT2D eigenvalue weighted by Crippen LogP contribution is -2.37. The molecule has 0 saturated carbocycles. The Labute approximate surface area is 194 Å². The van der Waals surface area contributed by atoms with Crippen molar-refractivity contribution in [3.63, 3.8) is 0 Å². The van der Waals surface area contributed by atoms with Crippen molar-refractivity contribution in [2.75, 3.05) is 0 Å². The van der Waals surface area contributed by atoms with E-state index in [0.717, 1.165) is 26.9 Å². The molecule has 4 rings (SSSR count). The van der Waals surface area contributed by atoms with E-state index in [9.17, 15) is 9.59 Å². The molecule has 32 heavy (non-hydrogen) atoms. The lowest BCUT2D eigenvalue weighted by molar-refractivity contribution is 0.664. The average Bonchev–Trinajstić information content (AvgIpc) is 3.19. The van der Waals surface area contributed by atoms with Gasteiger partial charge in [-0.15, -0.1) is 10.2 Å². The average molecular weight is 468 g/mol. The first-order valence-electron chi connectivity index (χ1n) is 9.94. The van der Waals surface area contributed by atoms with Crippen molar-refractivity contribution in [1.82, 2.24) is 23.9 Å². The molecule has 0 atom stereocenters. The van der Waals surface area contributed by atoms with Gasteiger partial charge in [0.1, 0.15) is 0 Å². The van der Waals surface area contributed by atoms with Gasteiger partial charge in [-0.25, -0.2) is 4.79 Å². The lowest BCUT2D eigenvalue weighted by Gasteiger charge is -2.15. The molecule has 0 bridgehead atoms. The van der Waals surface area contributed by atoms with Crippen LogP contribution in [0.3, 0.4) is 0 Å². The van der Waals surface area contributed by atoms with Gasteiger partial charge in [-0.1, -0.05) is 47.6 Å². The van der Waals surface area contributed by atoms with Crippen LogP contribution in [0.25, 0.3) is 17.1 Å². The molecule has 7 nitrogen and oxygen atoms in total. The third-order valence-corrected chi connectivity index (χ3v) is 6.62. The minimum atomic E-state index is -0.360. The van der Waals surface area contributed by atoms with Crippen molar-refractivity contribution >= 4 is 23.4 Å². The molecular weight excluding hydrogens is 446 g/mol. The van der Waals surface area contributed by atoms with E-state index in [4.69, 9.17) is 11.6 Å². The maximum Gasteiger partial charge on any atom is 0.330 e. The van der Waals surface area contributed by atoms with E-state index < -0.39 is 0 Å². The molecule has 0 aliphatic carbocycles. The zero-order chi connectivity index (χ0) is 23.0. The van der Waals surface area contributed by atoms with Gasteiger partial charge in [0, 0.05) is 37.2 Å². The normalized spacial score (nSPS) is 11.2. The summed E-state index contributed by atoms with van der Waals surface area (Å²) >= 11 is 7.89. The zero-order valence-corrected chi connectivity index (χ0v) is 19.7. The topological polar surface area (TPSA) is 74.7 Å². The number of hydrogen-bond donors (Lipinski definition) is 0. The molecule has 0 radical (unpaired) electrons. The van der Waals surface area contributed by atoms with E-state index in [1.807, 2.05) is 42.7 Å². The first-order valence-corrected chi connectivity index (χ1v) is 11.3. The van der Waals surface area contributed by atoms with Crippen LogP contribution in [-0.2, 0) is 19.8 Å². The molecule has 164 valence electrons. The molecule has 9 heteroatoms. The summed E-state index contributed by atoms with van der Waals surface area (Å²) in [5.74, 6) is 1.01. The standard InChI is InChI=1S/C23H22ClN5O2S/c1-14-9-10-15(2)19(11-14)29-21(17-7-5-6-8-18(17)24)25-26-22(29)32-13-16-12-20(30)28(4)23(31)27(16)3/h5-12H,13H2,1-4H3. The largest absolute Gasteiger partial charge is 0.330 e. The van der Waals surface area contributed by atoms with Crippen molar-refractivity contribution in [2.45, 2.75) is 24.8 Å². The van der Waals surface area contributed by atoms with E-state index in [-0.39, 0.29) is 11.2 Å². The number of rotatable bonds is 5. The van der Waals surface area contributed by atoms with Gasteiger partial charge in [-0.05, 0) is 43.2 Å². The van der Waals surface area contributed by atoms with Gasteiger partial charge in [-0.2, -0.15) is 0 Å². The zero-order valence-electron chi connectivity index (χ0n) is 18.2. The molecule has 0 saturated heterocycles. The third kappa shape index (κ3) is 4.03. The number of benzene rings is 2. The van der Waals surface area contributed by atoms with Crippen molar-refractivity contribution in [1.29, 1.82) is 0 Å². The van der Waals surface area contributed by atoms with Crippen LogP contribution in [0.5, 0.6) is 0 Å². The number of hydrogen-bond acceptors (Lipinski definition) is 5. The molecule has 2 heterocycles. The summed E-state index contributed by atoms with van der Waals surface area (Å²) in [7, 11) is 3.12. The van der Waals surface area contributed by atoms with E-state index in [0.29, 0.717) is 27.5 Å². The number of aromatic nitrogens is 5. The second kappa shape index (κ2) is 8.80. The Balaban J connectivity index is 1.84. The highest BCUT2D eigenvalue weighted by Crippen LogP contribution is 2.34. The number of nitrogens with zero attached hydrogens (tertiary/aromatic N) is 5. The fraction of sp³-hybridized carbons (Fsp3) is 0.217. The number of aryl methyl sites for hydroxylation is 2. The van der Waals surface area contributed by atoms with Gasteiger partial charge >= 0.3 is 5.69 Å². The van der Waals surface area contributed by atoms with E-state index in [1.165, 1.54) is 29.4 Å². The van der Waals surface area contributed by atoms with Crippen LogP contribution in [0.1, 0.15) is 16.8 Å². The maximum absolute atomic E-state index is 12.3. The molecule has 2 aromatic carbocycles. The van der Waals surface area contributed by atoms with Gasteiger partial charge in [0.2, 0.25) is 0 Å². The highest BCUT2D eigenvalue weighted by molar-refractivity contribution is 7.98. The van der Waals surface area contributed by atoms with E-state index in [2.05, 4.69) is 28.4 Å². The third-order valence-electron chi connectivity index (χ3n) is 5.33. The Kier molecular flexibility index (Phi) is 6.08. The predicted molar refractivity (Wildman–Crippen MR) is 128 cm³/mol. The number of thioether (sulfide) groups is 1. The molecule has 0 aliphatic heterocycles. The highest BCUT2D eigenvalue weighted by Gasteiger charge is 2.20. The predicted octanol–water partition coefficient (Wildman–Crippen LogP) is 3.89. The SMILES string of the molecule is Cc1ccc(C)c(-n2c(SCc3cc(=O)n(C)c(=O)n3C)nnc2-c2ccccc2Cl)c1. The van der Waals surface area contributed by atoms with Crippen LogP contribution in [0.15, 0.2) is 63.3 Å². The van der Waals surface area contributed by atoms with E-state index in [1.54, 1.807) is 7.05 Å². The summed E-state index contributed by atoms with van der Waals surface area (Å²) < 4.78 is 4.54. The van der Waals surface area contributed by atoms with Gasteiger partial charge in [0.05, 0.1) is 10.7 Å². The monoisotopic (exact) mass is 467 g/mol. The highest BCUT2D eigenvalue weighted by atomic mass is 35.5. The van der Waals surface area contributed by atoms with Crippen LogP contribution < -0.4 is 11.2 Å². The summed E-state index contributed by atoms with van der Waals surface area (Å²) in [6, 6.07) is 15.2. The summed E-state index contributed by atoms with van der Waals surface area (Å²) in [5.41, 5.74) is 3.80. The molecule has 0 unspecified atom stereocenters. The minimum Gasteiger partial charge on any atom is -0.300 e. The quantitative estimate of drug-likeness (QED) is 0.416. The molecular formula is C23H22ClN5O2S. The van der Waals surface area contributed by atoms with Gasteiger partial charge in [0.25, 0.3) is 5.56 Å². The smallest absolute Gasteiger partial charge is 0.300 e. The van der Waals surface area contributed by atoms with Crippen molar-refractivity contribution < 1.29 is 0 Å². The van der Waals surface area contributed by atoms with Crippen LogP contribution in [0.2, 0.25) is 5.02 Å². The Bertz CT molecular complexity index is 1440. The molecule has 4 aromatic rings. The lowest BCUT2D eigenvalue weighted by atomic mass is 10.1. The van der Waals surface area contributed by atoms with Crippen molar-refractivity contribution in [3.8, 4) is 17.1 Å². The Morgan fingerprint density at radius 1 is 0.969 bits per heavy atom. The van der Waals surface area contributed by atoms with E-state index >= 15 is 0 Å². The van der Waals surface area contributed by atoms with Gasteiger partial charge in [-0.3, -0.25) is 18.5 Å². The van der Waals surface area contributed by atoms with Gasteiger partial charge in [0.15, 0.2) is 11.0 Å². The Morgan fingerprint density at radius 3 is 2.47 bits per heavy atom. The maximum atomic E-state index is 12.3. The fourth-order valence-corrected chi connectivity index (χ4v) is 4.60. The fourth-order valence-electron chi connectivity index (χ4n) is 3.41.